The van der Waals surface area contributed by atoms with E-state index < -0.39 is 6.10 Å². The van der Waals surface area contributed by atoms with Gasteiger partial charge in [0, 0.05) is 23.0 Å². The van der Waals surface area contributed by atoms with Crippen LogP contribution in [0.5, 0.6) is 0 Å². The van der Waals surface area contributed by atoms with Gasteiger partial charge in [-0.15, -0.1) is 0 Å². The standard InChI is InChI=1S/C14H16Cl2N2O/c1-2-5-18-9-17-8-13(18)14(19)7-10-6-11(15)3-4-12(10)16/h3-4,6,8-9,14,19H,2,5,7H2,1H3. The van der Waals surface area contributed by atoms with E-state index in [-0.39, 0.29) is 0 Å². The first-order valence-electron chi connectivity index (χ1n) is 6.23. The molecule has 1 atom stereocenters. The summed E-state index contributed by atoms with van der Waals surface area (Å²) in [5.74, 6) is 0. The van der Waals surface area contributed by atoms with Crippen LogP contribution in [0.25, 0.3) is 0 Å². The Hall–Kier alpha value is -1.03. The second-order valence-corrected chi connectivity index (χ2v) is 5.31. The molecule has 0 radical (unpaired) electrons. The SMILES string of the molecule is CCCn1cncc1C(O)Cc1cc(Cl)ccc1Cl. The Labute approximate surface area is 122 Å². The minimum atomic E-state index is -0.634. The first kappa shape index (κ1) is 14.4. The molecule has 0 amide bonds. The van der Waals surface area contributed by atoms with Gasteiger partial charge in [-0.25, -0.2) is 4.98 Å². The largest absolute Gasteiger partial charge is 0.386 e. The molecule has 0 bridgehead atoms. The molecule has 2 aromatic rings. The van der Waals surface area contributed by atoms with E-state index in [1.807, 2.05) is 4.57 Å². The number of imidazole rings is 1. The van der Waals surface area contributed by atoms with E-state index in [9.17, 15) is 5.11 Å². The number of aliphatic hydroxyl groups is 1. The van der Waals surface area contributed by atoms with Gasteiger partial charge < -0.3 is 9.67 Å². The predicted octanol–water partition coefficient (Wildman–Crippen LogP) is 3.88. The summed E-state index contributed by atoms with van der Waals surface area (Å²) in [5, 5.41) is 11.6. The Bertz CT molecular complexity index is 554. The number of rotatable bonds is 5. The van der Waals surface area contributed by atoms with Crippen LogP contribution in [0.15, 0.2) is 30.7 Å². The van der Waals surface area contributed by atoms with Gasteiger partial charge in [-0.05, 0) is 30.2 Å². The quantitative estimate of drug-likeness (QED) is 0.910. The molecule has 0 aliphatic heterocycles. The van der Waals surface area contributed by atoms with Crippen LogP contribution in [-0.2, 0) is 13.0 Å². The van der Waals surface area contributed by atoms with Crippen LogP contribution in [0.4, 0.5) is 0 Å². The van der Waals surface area contributed by atoms with Crippen molar-refractivity contribution in [2.75, 3.05) is 0 Å². The van der Waals surface area contributed by atoms with Crippen LogP contribution in [0.1, 0.15) is 30.7 Å². The maximum atomic E-state index is 10.3. The van der Waals surface area contributed by atoms with Gasteiger partial charge in [0.1, 0.15) is 0 Å². The molecule has 0 saturated heterocycles. The van der Waals surface area contributed by atoms with Crippen molar-refractivity contribution in [3.63, 3.8) is 0 Å². The molecule has 0 saturated carbocycles. The molecular weight excluding hydrogens is 283 g/mol. The third kappa shape index (κ3) is 3.50. The molecule has 1 N–H and O–H groups in total. The van der Waals surface area contributed by atoms with Crippen LogP contribution in [0.2, 0.25) is 10.0 Å². The maximum absolute atomic E-state index is 10.3. The fraction of sp³-hybridized carbons (Fsp3) is 0.357. The van der Waals surface area contributed by atoms with Crippen molar-refractivity contribution in [2.24, 2.45) is 0 Å². The lowest BCUT2D eigenvalue weighted by atomic mass is 10.1. The zero-order chi connectivity index (χ0) is 13.8. The summed E-state index contributed by atoms with van der Waals surface area (Å²) < 4.78 is 1.96. The summed E-state index contributed by atoms with van der Waals surface area (Å²) >= 11 is 12.1. The summed E-state index contributed by atoms with van der Waals surface area (Å²) in [5.41, 5.74) is 1.64. The molecule has 102 valence electrons. The normalized spacial score (nSPS) is 12.6. The number of aliphatic hydroxyl groups excluding tert-OH is 1. The molecule has 0 fully saturated rings. The third-order valence-corrected chi connectivity index (χ3v) is 3.58. The average Bonchev–Trinajstić information content (AvgIpc) is 2.82. The summed E-state index contributed by atoms with van der Waals surface area (Å²) in [6.45, 7) is 2.93. The topological polar surface area (TPSA) is 38.0 Å². The van der Waals surface area contributed by atoms with Crippen LogP contribution in [0.3, 0.4) is 0 Å². The fourth-order valence-corrected chi connectivity index (χ4v) is 2.44. The molecule has 19 heavy (non-hydrogen) atoms. The van der Waals surface area contributed by atoms with Crippen LogP contribution in [-0.4, -0.2) is 14.7 Å². The maximum Gasteiger partial charge on any atom is 0.0996 e. The number of nitrogens with zero attached hydrogens (tertiary/aromatic N) is 2. The molecule has 0 spiro atoms. The Balaban J connectivity index is 2.18. The van der Waals surface area contributed by atoms with Gasteiger partial charge in [0.15, 0.2) is 0 Å². The second kappa shape index (κ2) is 6.42. The number of hydrogen-bond donors (Lipinski definition) is 1. The van der Waals surface area contributed by atoms with Crippen LogP contribution in [0, 0.1) is 0 Å². The van der Waals surface area contributed by atoms with Crippen molar-refractivity contribution in [2.45, 2.75) is 32.4 Å². The molecule has 0 aliphatic rings. The minimum Gasteiger partial charge on any atom is -0.386 e. The number of halogens is 2. The molecule has 2 rings (SSSR count). The van der Waals surface area contributed by atoms with Gasteiger partial charge in [0.05, 0.1) is 24.3 Å². The van der Waals surface area contributed by atoms with E-state index in [2.05, 4.69) is 11.9 Å². The average molecular weight is 299 g/mol. The smallest absolute Gasteiger partial charge is 0.0996 e. The zero-order valence-electron chi connectivity index (χ0n) is 10.7. The van der Waals surface area contributed by atoms with Gasteiger partial charge in [-0.3, -0.25) is 0 Å². The van der Waals surface area contributed by atoms with E-state index in [4.69, 9.17) is 23.2 Å². The van der Waals surface area contributed by atoms with Crippen LogP contribution >= 0.6 is 23.2 Å². The van der Waals surface area contributed by atoms with E-state index in [0.29, 0.717) is 16.5 Å². The molecule has 1 heterocycles. The monoisotopic (exact) mass is 298 g/mol. The van der Waals surface area contributed by atoms with Crippen molar-refractivity contribution in [1.29, 1.82) is 0 Å². The Morgan fingerprint density at radius 1 is 1.37 bits per heavy atom. The fourth-order valence-electron chi connectivity index (χ4n) is 2.05. The molecular formula is C14H16Cl2N2O. The molecule has 1 aromatic heterocycles. The van der Waals surface area contributed by atoms with E-state index in [0.717, 1.165) is 24.2 Å². The summed E-state index contributed by atoms with van der Waals surface area (Å²) in [6, 6.07) is 5.27. The summed E-state index contributed by atoms with van der Waals surface area (Å²) in [6.07, 6.45) is 4.22. The lowest BCUT2D eigenvalue weighted by Gasteiger charge is -2.14. The number of hydrogen-bond acceptors (Lipinski definition) is 2. The van der Waals surface area contributed by atoms with Crippen LogP contribution < -0.4 is 0 Å². The van der Waals surface area contributed by atoms with Gasteiger partial charge >= 0.3 is 0 Å². The molecule has 1 unspecified atom stereocenters. The second-order valence-electron chi connectivity index (χ2n) is 4.47. The Morgan fingerprint density at radius 2 is 2.16 bits per heavy atom. The summed E-state index contributed by atoms with van der Waals surface area (Å²) in [7, 11) is 0. The van der Waals surface area contributed by atoms with E-state index in [1.165, 1.54) is 0 Å². The van der Waals surface area contributed by atoms with Gasteiger partial charge in [-0.1, -0.05) is 30.1 Å². The van der Waals surface area contributed by atoms with Crippen molar-refractivity contribution < 1.29 is 5.11 Å². The highest BCUT2D eigenvalue weighted by Crippen LogP contribution is 2.26. The van der Waals surface area contributed by atoms with Gasteiger partial charge in [0.25, 0.3) is 0 Å². The first-order chi connectivity index (χ1) is 9.11. The van der Waals surface area contributed by atoms with E-state index >= 15 is 0 Å². The van der Waals surface area contributed by atoms with E-state index in [1.54, 1.807) is 30.7 Å². The molecule has 1 aromatic carbocycles. The lowest BCUT2D eigenvalue weighted by molar-refractivity contribution is 0.168. The van der Waals surface area contributed by atoms with Crippen molar-refractivity contribution in [3.8, 4) is 0 Å². The van der Waals surface area contributed by atoms with Crippen molar-refractivity contribution in [3.05, 3.63) is 52.0 Å². The van der Waals surface area contributed by atoms with Gasteiger partial charge in [-0.2, -0.15) is 0 Å². The zero-order valence-corrected chi connectivity index (χ0v) is 12.2. The Morgan fingerprint density at radius 3 is 2.89 bits per heavy atom. The van der Waals surface area contributed by atoms with Crippen molar-refractivity contribution >= 4 is 23.2 Å². The van der Waals surface area contributed by atoms with Gasteiger partial charge in [0.2, 0.25) is 0 Å². The molecule has 0 aliphatic carbocycles. The number of benzene rings is 1. The Kier molecular flexibility index (Phi) is 4.86. The highest BCUT2D eigenvalue weighted by Gasteiger charge is 2.15. The molecule has 5 heteroatoms. The number of aromatic nitrogens is 2. The number of aryl methyl sites for hydroxylation is 1. The third-order valence-electron chi connectivity index (χ3n) is 2.97. The lowest BCUT2D eigenvalue weighted by Crippen LogP contribution is -2.09. The predicted molar refractivity (Wildman–Crippen MR) is 77.6 cm³/mol. The molecule has 3 nitrogen and oxygen atoms in total. The minimum absolute atomic E-state index is 0.425. The summed E-state index contributed by atoms with van der Waals surface area (Å²) in [4.78, 5) is 4.09. The highest BCUT2D eigenvalue weighted by atomic mass is 35.5. The van der Waals surface area contributed by atoms with Crippen molar-refractivity contribution in [1.82, 2.24) is 9.55 Å². The highest BCUT2D eigenvalue weighted by molar-refractivity contribution is 6.33. The first-order valence-corrected chi connectivity index (χ1v) is 6.99.